The van der Waals surface area contributed by atoms with Gasteiger partial charge in [-0.3, -0.25) is 0 Å². The second-order valence-electron chi connectivity index (χ2n) is 4.37. The molecule has 0 aromatic heterocycles. The number of halogens is 6. The van der Waals surface area contributed by atoms with Crippen molar-refractivity contribution >= 4 is 17.7 Å². The van der Waals surface area contributed by atoms with Crippen LogP contribution in [0.1, 0.15) is 12.5 Å². The molecule has 0 fully saturated rings. The first-order valence-corrected chi connectivity index (χ1v) is 6.44. The molecule has 0 aliphatic rings. The van der Waals surface area contributed by atoms with E-state index in [2.05, 4.69) is 4.74 Å². The average Bonchev–Trinajstić information content (AvgIpc) is 2.43. The molecule has 1 rings (SSSR count). The summed E-state index contributed by atoms with van der Waals surface area (Å²) >= 11 is 0. The molecule has 0 bridgehead atoms. The number of nitrogens with one attached hydrogen (secondary N) is 2. The van der Waals surface area contributed by atoms with Gasteiger partial charge in [-0.1, -0.05) is 12.1 Å². The third-order valence-electron chi connectivity index (χ3n) is 2.61. The van der Waals surface area contributed by atoms with Crippen molar-refractivity contribution in [3.63, 3.8) is 0 Å². The monoisotopic (exact) mass is 358 g/mol. The zero-order valence-corrected chi connectivity index (χ0v) is 12.1. The van der Waals surface area contributed by atoms with Crippen molar-refractivity contribution in [3.8, 4) is 0 Å². The van der Waals surface area contributed by atoms with Crippen LogP contribution in [-0.4, -0.2) is 30.8 Å². The minimum absolute atomic E-state index is 0.369. The van der Waals surface area contributed by atoms with Crippen LogP contribution >= 0.6 is 0 Å². The Morgan fingerprint density at radius 2 is 1.71 bits per heavy atom. The van der Waals surface area contributed by atoms with Crippen LogP contribution in [0.3, 0.4) is 0 Å². The summed E-state index contributed by atoms with van der Waals surface area (Å²) in [5, 5.41) is 2.89. The van der Waals surface area contributed by atoms with Crippen molar-refractivity contribution < 1.29 is 40.7 Å². The SMILES string of the molecule is CCOC(=O)[C@@H](NC(=O)Nc1ccccc1C(F)(F)F)C(F)(F)F. The number of ether oxygens (including phenoxy) is 1. The highest BCUT2D eigenvalue weighted by Gasteiger charge is 2.47. The number of rotatable bonds is 4. The van der Waals surface area contributed by atoms with E-state index >= 15 is 0 Å². The molecule has 2 N–H and O–H groups in total. The number of alkyl halides is 6. The third-order valence-corrected chi connectivity index (χ3v) is 2.61. The molecule has 0 aliphatic heterocycles. The summed E-state index contributed by atoms with van der Waals surface area (Å²) in [6.45, 7) is 0.886. The quantitative estimate of drug-likeness (QED) is 0.641. The van der Waals surface area contributed by atoms with E-state index in [-0.39, 0.29) is 6.61 Å². The zero-order valence-electron chi connectivity index (χ0n) is 12.1. The number of benzene rings is 1. The van der Waals surface area contributed by atoms with Crippen LogP contribution in [0.15, 0.2) is 24.3 Å². The average molecular weight is 358 g/mol. The van der Waals surface area contributed by atoms with E-state index in [4.69, 9.17) is 0 Å². The van der Waals surface area contributed by atoms with Gasteiger partial charge in [0.1, 0.15) is 0 Å². The zero-order chi connectivity index (χ0) is 18.5. The Morgan fingerprint density at radius 1 is 1.12 bits per heavy atom. The van der Waals surface area contributed by atoms with Gasteiger partial charge in [-0.15, -0.1) is 0 Å². The van der Waals surface area contributed by atoms with E-state index in [1.165, 1.54) is 12.2 Å². The number of esters is 1. The van der Waals surface area contributed by atoms with Crippen LogP contribution in [0.5, 0.6) is 0 Å². The van der Waals surface area contributed by atoms with Gasteiger partial charge in [0.25, 0.3) is 0 Å². The Balaban J connectivity index is 2.94. The molecule has 134 valence electrons. The van der Waals surface area contributed by atoms with Gasteiger partial charge in [-0.2, -0.15) is 26.3 Å². The highest BCUT2D eigenvalue weighted by molar-refractivity contribution is 5.93. The smallest absolute Gasteiger partial charge is 0.419 e. The van der Waals surface area contributed by atoms with Crippen molar-refractivity contribution in [2.75, 3.05) is 11.9 Å². The molecule has 0 spiro atoms. The maximum atomic E-state index is 12.8. The van der Waals surface area contributed by atoms with E-state index in [1.807, 2.05) is 0 Å². The Morgan fingerprint density at radius 3 is 2.21 bits per heavy atom. The summed E-state index contributed by atoms with van der Waals surface area (Å²) in [5.41, 5.74) is -2.01. The van der Waals surface area contributed by atoms with Crippen LogP contribution in [0.2, 0.25) is 0 Å². The van der Waals surface area contributed by atoms with E-state index in [0.29, 0.717) is 6.07 Å². The molecule has 5 nitrogen and oxygen atoms in total. The minimum atomic E-state index is -5.17. The minimum Gasteiger partial charge on any atom is -0.464 e. The summed E-state index contributed by atoms with van der Waals surface area (Å²) in [4.78, 5) is 22.8. The van der Waals surface area contributed by atoms with Crippen molar-refractivity contribution in [3.05, 3.63) is 29.8 Å². The number of para-hydroxylation sites is 1. The molecule has 0 radical (unpaired) electrons. The van der Waals surface area contributed by atoms with Gasteiger partial charge >= 0.3 is 24.4 Å². The van der Waals surface area contributed by atoms with Crippen molar-refractivity contribution in [1.29, 1.82) is 0 Å². The number of hydrogen-bond acceptors (Lipinski definition) is 3. The van der Waals surface area contributed by atoms with Gasteiger partial charge in [0.2, 0.25) is 6.04 Å². The molecular weight excluding hydrogens is 346 g/mol. The fraction of sp³-hybridized carbons (Fsp3) is 0.385. The molecular formula is C13H12F6N2O3. The first-order valence-electron chi connectivity index (χ1n) is 6.44. The van der Waals surface area contributed by atoms with Crippen LogP contribution < -0.4 is 10.6 Å². The molecule has 0 heterocycles. The van der Waals surface area contributed by atoms with E-state index < -0.39 is 41.6 Å². The molecule has 0 aliphatic carbocycles. The van der Waals surface area contributed by atoms with E-state index in [9.17, 15) is 35.9 Å². The van der Waals surface area contributed by atoms with Crippen LogP contribution in [0.4, 0.5) is 36.8 Å². The lowest BCUT2D eigenvalue weighted by atomic mass is 10.1. The second kappa shape index (κ2) is 7.41. The van der Waals surface area contributed by atoms with Gasteiger partial charge < -0.3 is 15.4 Å². The lowest BCUT2D eigenvalue weighted by molar-refractivity contribution is -0.182. The fourth-order valence-corrected chi connectivity index (χ4v) is 1.63. The van der Waals surface area contributed by atoms with Crippen molar-refractivity contribution in [2.45, 2.75) is 25.3 Å². The van der Waals surface area contributed by atoms with Gasteiger partial charge in [0.05, 0.1) is 17.9 Å². The van der Waals surface area contributed by atoms with Gasteiger partial charge in [-0.25, -0.2) is 9.59 Å². The molecule has 2 amide bonds. The number of carbonyl (C=O) groups is 2. The number of urea groups is 1. The third kappa shape index (κ3) is 5.32. The first-order chi connectivity index (χ1) is 11.0. The maximum absolute atomic E-state index is 12.8. The van der Waals surface area contributed by atoms with E-state index in [1.54, 1.807) is 5.32 Å². The standard InChI is InChI=1S/C13H12F6N2O3/c1-2-24-10(22)9(13(17,18)19)21-11(23)20-8-6-4-3-5-7(8)12(14,15)16/h3-6,9H,2H2,1H3,(H2,20,21,23)/t9-/m1/s1. The molecule has 1 aromatic rings. The molecule has 1 atom stereocenters. The highest BCUT2D eigenvalue weighted by atomic mass is 19.4. The number of anilines is 1. The topological polar surface area (TPSA) is 67.4 Å². The fourth-order valence-electron chi connectivity index (χ4n) is 1.63. The summed E-state index contributed by atoms with van der Waals surface area (Å²) in [6.07, 6.45) is -10.00. The molecule has 1 aromatic carbocycles. The number of amides is 2. The molecule has 11 heteroatoms. The maximum Gasteiger partial charge on any atom is 0.419 e. The van der Waals surface area contributed by atoms with Crippen LogP contribution in [0.25, 0.3) is 0 Å². The number of carbonyl (C=O) groups excluding carboxylic acids is 2. The Hall–Kier alpha value is -2.46. The van der Waals surface area contributed by atoms with E-state index in [0.717, 1.165) is 18.2 Å². The highest BCUT2D eigenvalue weighted by Crippen LogP contribution is 2.34. The summed E-state index contributed by atoms with van der Waals surface area (Å²) in [5.74, 6) is -1.77. The summed E-state index contributed by atoms with van der Waals surface area (Å²) in [6, 6.07) is -0.949. The predicted octanol–water partition coefficient (Wildman–Crippen LogP) is 3.32. The Kier molecular flexibility index (Phi) is 6.04. The van der Waals surface area contributed by atoms with Crippen molar-refractivity contribution in [2.24, 2.45) is 0 Å². The lowest BCUT2D eigenvalue weighted by Crippen LogP contribution is -2.52. The molecule has 24 heavy (non-hydrogen) atoms. The van der Waals surface area contributed by atoms with Gasteiger partial charge in [0.15, 0.2) is 0 Å². The van der Waals surface area contributed by atoms with Crippen molar-refractivity contribution in [1.82, 2.24) is 5.32 Å². The second-order valence-corrected chi connectivity index (χ2v) is 4.37. The van der Waals surface area contributed by atoms with Crippen LogP contribution in [0, 0.1) is 0 Å². The van der Waals surface area contributed by atoms with Gasteiger partial charge in [-0.05, 0) is 19.1 Å². The summed E-state index contributed by atoms with van der Waals surface area (Å²) in [7, 11) is 0. The molecule has 0 saturated carbocycles. The largest absolute Gasteiger partial charge is 0.464 e. The Bertz CT molecular complexity index is 600. The molecule has 0 unspecified atom stereocenters. The number of hydrogen-bond donors (Lipinski definition) is 2. The summed E-state index contributed by atoms with van der Waals surface area (Å²) < 4.78 is 80.7. The molecule has 0 saturated heterocycles. The Labute approximate surface area is 132 Å². The normalized spacial score (nSPS) is 13.1. The van der Waals surface area contributed by atoms with Crippen LogP contribution in [-0.2, 0) is 15.7 Å². The first kappa shape index (κ1) is 19.6. The van der Waals surface area contributed by atoms with Gasteiger partial charge in [0, 0.05) is 0 Å². The lowest BCUT2D eigenvalue weighted by Gasteiger charge is -2.21. The predicted molar refractivity (Wildman–Crippen MR) is 70.1 cm³/mol.